The standard InChI is InChI=1S/C22H30N2/c1-14(2)20-13-16-9-5-6-10-17(16)22(24-15(3)4)21(23)19-12-8-7-11-18(19)20/h5-6,9-12,14-15,20,24H,7-8,13,23H2,1-4H3/b22-21-. The van der Waals surface area contributed by atoms with E-state index in [0.717, 1.165) is 30.7 Å². The fourth-order valence-electron chi connectivity index (χ4n) is 3.92. The Morgan fingerprint density at radius 3 is 2.46 bits per heavy atom. The zero-order valence-electron chi connectivity index (χ0n) is 15.4. The lowest BCUT2D eigenvalue weighted by Gasteiger charge is -2.33. The van der Waals surface area contributed by atoms with E-state index < -0.39 is 0 Å². The Hall–Kier alpha value is -1.96. The SMILES string of the molecule is CC(C)N/C1=C(\N)C2=CCCC=C2C(C(C)C)Cc2ccccc21. The van der Waals surface area contributed by atoms with Gasteiger partial charge in [-0.3, -0.25) is 0 Å². The van der Waals surface area contributed by atoms with Gasteiger partial charge < -0.3 is 11.1 Å². The smallest absolute Gasteiger partial charge is 0.0658 e. The molecule has 0 saturated heterocycles. The maximum atomic E-state index is 6.74. The zero-order chi connectivity index (χ0) is 17.3. The maximum Gasteiger partial charge on any atom is 0.0658 e. The van der Waals surface area contributed by atoms with Gasteiger partial charge in [0.1, 0.15) is 0 Å². The summed E-state index contributed by atoms with van der Waals surface area (Å²) in [6.07, 6.45) is 8.06. The van der Waals surface area contributed by atoms with Crippen LogP contribution in [0.4, 0.5) is 0 Å². The molecule has 0 fully saturated rings. The fourth-order valence-corrected chi connectivity index (χ4v) is 3.92. The van der Waals surface area contributed by atoms with Crippen molar-refractivity contribution < 1.29 is 0 Å². The van der Waals surface area contributed by atoms with Gasteiger partial charge in [-0.05, 0) is 61.7 Å². The van der Waals surface area contributed by atoms with Crippen LogP contribution < -0.4 is 11.1 Å². The molecule has 1 atom stereocenters. The van der Waals surface area contributed by atoms with Crippen molar-refractivity contribution >= 4 is 5.70 Å². The molecule has 1 aromatic rings. The minimum atomic E-state index is 0.351. The van der Waals surface area contributed by atoms with Gasteiger partial charge in [-0.1, -0.05) is 50.3 Å². The van der Waals surface area contributed by atoms with Crippen LogP contribution in [0.1, 0.15) is 51.7 Å². The highest BCUT2D eigenvalue weighted by Crippen LogP contribution is 2.40. The minimum Gasteiger partial charge on any atom is -0.397 e. The average Bonchev–Trinajstić information content (AvgIpc) is 2.56. The molecule has 0 aromatic heterocycles. The van der Waals surface area contributed by atoms with Gasteiger partial charge in [0.25, 0.3) is 0 Å². The second-order valence-electron chi connectivity index (χ2n) is 7.65. The van der Waals surface area contributed by atoms with E-state index >= 15 is 0 Å². The first-order chi connectivity index (χ1) is 11.5. The predicted molar refractivity (Wildman–Crippen MR) is 103 cm³/mol. The fraction of sp³-hybridized carbons (Fsp3) is 0.455. The van der Waals surface area contributed by atoms with E-state index in [1.165, 1.54) is 22.3 Å². The maximum absolute atomic E-state index is 6.74. The van der Waals surface area contributed by atoms with E-state index in [0.29, 0.717) is 17.9 Å². The molecule has 0 saturated carbocycles. The molecule has 0 spiro atoms. The molecule has 2 heteroatoms. The number of hydrogen-bond donors (Lipinski definition) is 2. The van der Waals surface area contributed by atoms with E-state index in [1.807, 2.05) is 0 Å². The Morgan fingerprint density at radius 2 is 1.75 bits per heavy atom. The number of nitrogens with one attached hydrogen (secondary N) is 1. The van der Waals surface area contributed by atoms with Gasteiger partial charge in [0, 0.05) is 11.6 Å². The quantitative estimate of drug-likeness (QED) is 0.840. The molecule has 24 heavy (non-hydrogen) atoms. The Kier molecular flexibility index (Phi) is 4.84. The van der Waals surface area contributed by atoms with Crippen LogP contribution in [0, 0.1) is 11.8 Å². The van der Waals surface area contributed by atoms with Gasteiger partial charge in [0.05, 0.1) is 11.4 Å². The number of rotatable bonds is 3. The molecule has 2 aliphatic carbocycles. The lowest BCUT2D eigenvalue weighted by molar-refractivity contribution is 0.440. The van der Waals surface area contributed by atoms with Crippen molar-refractivity contribution in [2.24, 2.45) is 17.6 Å². The van der Waals surface area contributed by atoms with Crippen molar-refractivity contribution in [1.29, 1.82) is 0 Å². The first kappa shape index (κ1) is 16.9. The Morgan fingerprint density at radius 1 is 1.04 bits per heavy atom. The Balaban J connectivity index is 2.23. The number of fused-ring (bicyclic) bond motifs is 2. The molecule has 1 aromatic carbocycles. The van der Waals surface area contributed by atoms with Crippen LogP contribution in [-0.4, -0.2) is 6.04 Å². The normalized spacial score (nSPS) is 23.8. The molecule has 0 aliphatic heterocycles. The van der Waals surface area contributed by atoms with Crippen LogP contribution in [0.2, 0.25) is 0 Å². The van der Waals surface area contributed by atoms with Crippen LogP contribution >= 0.6 is 0 Å². The van der Waals surface area contributed by atoms with E-state index in [1.54, 1.807) is 0 Å². The second kappa shape index (κ2) is 6.88. The largest absolute Gasteiger partial charge is 0.397 e. The summed E-state index contributed by atoms with van der Waals surface area (Å²) in [5.41, 5.74) is 14.1. The van der Waals surface area contributed by atoms with Gasteiger partial charge in [-0.25, -0.2) is 0 Å². The van der Waals surface area contributed by atoms with Gasteiger partial charge in [-0.15, -0.1) is 0 Å². The summed E-state index contributed by atoms with van der Waals surface area (Å²) in [6, 6.07) is 9.09. The first-order valence-corrected chi connectivity index (χ1v) is 9.24. The molecule has 1 unspecified atom stereocenters. The predicted octanol–water partition coefficient (Wildman–Crippen LogP) is 4.79. The Labute approximate surface area is 146 Å². The van der Waals surface area contributed by atoms with Crippen LogP contribution in [-0.2, 0) is 6.42 Å². The molecule has 3 rings (SSSR count). The van der Waals surface area contributed by atoms with Crippen LogP contribution in [0.3, 0.4) is 0 Å². The Bertz CT molecular complexity index is 704. The van der Waals surface area contributed by atoms with Crippen molar-refractivity contribution in [2.75, 3.05) is 0 Å². The minimum absolute atomic E-state index is 0.351. The molecule has 2 nitrogen and oxygen atoms in total. The molecule has 3 N–H and O–H groups in total. The van der Waals surface area contributed by atoms with Crippen molar-refractivity contribution in [1.82, 2.24) is 5.32 Å². The van der Waals surface area contributed by atoms with Crippen LogP contribution in [0.15, 0.2) is 53.3 Å². The highest BCUT2D eigenvalue weighted by molar-refractivity contribution is 5.76. The number of benzene rings is 1. The molecule has 0 bridgehead atoms. The van der Waals surface area contributed by atoms with Crippen LogP contribution in [0.5, 0.6) is 0 Å². The zero-order valence-corrected chi connectivity index (χ0v) is 15.4. The molecule has 2 aliphatic rings. The van der Waals surface area contributed by atoms with Gasteiger partial charge in [-0.2, -0.15) is 0 Å². The summed E-state index contributed by atoms with van der Waals surface area (Å²) >= 11 is 0. The molecular weight excluding hydrogens is 292 g/mol. The number of hydrogen-bond acceptors (Lipinski definition) is 2. The van der Waals surface area contributed by atoms with Gasteiger partial charge in [0.2, 0.25) is 0 Å². The van der Waals surface area contributed by atoms with Crippen molar-refractivity contribution in [3.63, 3.8) is 0 Å². The van der Waals surface area contributed by atoms with E-state index in [9.17, 15) is 0 Å². The van der Waals surface area contributed by atoms with E-state index in [-0.39, 0.29) is 0 Å². The lowest BCUT2D eigenvalue weighted by Crippen LogP contribution is -2.29. The summed E-state index contributed by atoms with van der Waals surface area (Å²) in [5, 5.41) is 3.62. The molecule has 0 heterocycles. The molecule has 0 amide bonds. The van der Waals surface area contributed by atoms with Crippen LogP contribution in [0.25, 0.3) is 5.70 Å². The summed E-state index contributed by atoms with van der Waals surface area (Å²) in [4.78, 5) is 0. The second-order valence-corrected chi connectivity index (χ2v) is 7.65. The van der Waals surface area contributed by atoms with E-state index in [4.69, 9.17) is 5.73 Å². The third-order valence-corrected chi connectivity index (χ3v) is 5.11. The van der Waals surface area contributed by atoms with Crippen molar-refractivity contribution in [2.45, 2.75) is 53.0 Å². The number of allylic oxidation sites excluding steroid dienone is 3. The van der Waals surface area contributed by atoms with Crippen molar-refractivity contribution in [3.05, 3.63) is 64.4 Å². The highest BCUT2D eigenvalue weighted by Gasteiger charge is 2.29. The van der Waals surface area contributed by atoms with E-state index in [2.05, 4.69) is 69.4 Å². The molecular formula is C22H30N2. The molecule has 0 radical (unpaired) electrons. The lowest BCUT2D eigenvalue weighted by atomic mass is 9.74. The first-order valence-electron chi connectivity index (χ1n) is 9.24. The molecule has 128 valence electrons. The summed E-state index contributed by atoms with van der Waals surface area (Å²) in [5.74, 6) is 1.12. The van der Waals surface area contributed by atoms with Gasteiger partial charge >= 0.3 is 0 Å². The third kappa shape index (κ3) is 3.15. The third-order valence-electron chi connectivity index (χ3n) is 5.11. The van der Waals surface area contributed by atoms with Crippen molar-refractivity contribution in [3.8, 4) is 0 Å². The monoisotopic (exact) mass is 322 g/mol. The topological polar surface area (TPSA) is 38.0 Å². The summed E-state index contributed by atoms with van der Waals surface area (Å²) in [6.45, 7) is 9.00. The average molecular weight is 322 g/mol. The summed E-state index contributed by atoms with van der Waals surface area (Å²) < 4.78 is 0. The highest BCUT2D eigenvalue weighted by atomic mass is 14.9. The summed E-state index contributed by atoms with van der Waals surface area (Å²) in [7, 11) is 0. The van der Waals surface area contributed by atoms with Gasteiger partial charge in [0.15, 0.2) is 0 Å². The number of nitrogens with two attached hydrogens (primary N) is 1.